The second-order valence-electron chi connectivity index (χ2n) is 16.0. The van der Waals surface area contributed by atoms with E-state index in [4.69, 9.17) is 32.7 Å². The van der Waals surface area contributed by atoms with Gasteiger partial charge in [-0.25, -0.2) is 8.42 Å². The fraction of sp³-hybridized carbons (Fsp3) is 0.115. The molecule has 0 spiro atoms. The number of nitrogens with zero attached hydrogens (tertiary/aromatic N) is 4. The van der Waals surface area contributed by atoms with Crippen molar-refractivity contribution in [1.29, 1.82) is 0 Å². The number of phenolic OH excluding ortho intramolecular Hbond substituents is 1. The number of halogens is 2. The van der Waals surface area contributed by atoms with Crippen LogP contribution in [-0.4, -0.2) is 93.8 Å². The topological polar surface area (TPSA) is 281 Å². The molecule has 23 heteroatoms. The smallest absolute Gasteiger partial charge is 0.870 e. The maximum atomic E-state index is 13.3. The molecule has 2 amide bonds. The van der Waals surface area contributed by atoms with Crippen LogP contribution in [0.3, 0.4) is 0 Å². The van der Waals surface area contributed by atoms with E-state index in [1.54, 1.807) is 104 Å². The Labute approximate surface area is 470 Å². The third-order valence-corrected chi connectivity index (χ3v) is 13.4. The predicted molar refractivity (Wildman–Crippen MR) is 284 cm³/mol. The Kier molecular flexibility index (Phi) is 19.0. The molecule has 380 valence electrons. The fourth-order valence-corrected chi connectivity index (χ4v) is 8.91. The van der Waals surface area contributed by atoms with Crippen LogP contribution < -0.4 is 25.2 Å². The van der Waals surface area contributed by atoms with Crippen LogP contribution in [0, 0.1) is 13.8 Å². The first-order valence-electron chi connectivity index (χ1n) is 22.1. The molecular weight excluding hydrogens is 1080 g/mol. The number of amides is 2. The second kappa shape index (κ2) is 24.7. The minimum Gasteiger partial charge on any atom is -0.870 e. The van der Waals surface area contributed by atoms with Crippen molar-refractivity contribution in [3.8, 4) is 23.0 Å². The number of fused-ring (bicyclic) bond motifs is 2. The van der Waals surface area contributed by atoms with Gasteiger partial charge < -0.3 is 34.9 Å². The Hall–Kier alpha value is -6.72. The first-order chi connectivity index (χ1) is 35.2. The molecule has 0 aliphatic heterocycles. The van der Waals surface area contributed by atoms with Crippen molar-refractivity contribution in [2.24, 2.45) is 20.5 Å². The number of ether oxygens (including phenoxy) is 2. The van der Waals surface area contributed by atoms with Crippen molar-refractivity contribution >= 4 is 149 Å². The summed E-state index contributed by atoms with van der Waals surface area (Å²) in [7, 11) is -9.55. The number of benzene rings is 8. The molecule has 0 radical (unpaired) electrons. The standard InChI is InChI=1S/2C26H22ClN3O6S.Ca/c2*1-3-36-18-10-8-17(9-11-18)28-26(32)20-13-16-6-4-5-7-19(16)24(25(20)31)30-29-22-14-21(27)15(2)12-23(22)37(33,34)35;/h2*4-14,31H,3H2,1-2H3,(H,28,32)(H,33,34,35);/q;;+2/p-2. The molecule has 4 N–H and O–H groups in total. The molecular formula is C52H42CaCl2N6O12S2. The van der Waals surface area contributed by atoms with Gasteiger partial charge in [-0.1, -0.05) is 77.5 Å². The van der Waals surface area contributed by atoms with Crippen molar-refractivity contribution in [3.63, 3.8) is 0 Å². The number of rotatable bonds is 14. The molecule has 18 nitrogen and oxygen atoms in total. The molecule has 75 heavy (non-hydrogen) atoms. The van der Waals surface area contributed by atoms with Gasteiger partial charge in [-0.15, -0.1) is 15.3 Å². The summed E-state index contributed by atoms with van der Waals surface area (Å²) in [5, 5.41) is 48.0. The Bertz CT molecular complexity index is 3530. The van der Waals surface area contributed by atoms with Gasteiger partial charge in [-0.05, 0) is 135 Å². The van der Waals surface area contributed by atoms with Crippen molar-refractivity contribution in [1.82, 2.24) is 0 Å². The summed E-state index contributed by atoms with van der Waals surface area (Å²) in [6, 6.07) is 34.6. The van der Waals surface area contributed by atoms with Gasteiger partial charge in [0.05, 0.1) is 29.4 Å². The summed E-state index contributed by atoms with van der Waals surface area (Å²) < 4.78 is 79.5. The van der Waals surface area contributed by atoms with Crippen LogP contribution in [0.1, 0.15) is 45.7 Å². The van der Waals surface area contributed by atoms with E-state index in [0.717, 1.165) is 6.07 Å². The molecule has 0 atom stereocenters. The minimum atomic E-state index is -4.91. The van der Waals surface area contributed by atoms with Crippen LogP contribution in [0.5, 0.6) is 23.0 Å². The van der Waals surface area contributed by atoms with Gasteiger partial charge in [0.2, 0.25) is 0 Å². The molecule has 0 heterocycles. The van der Waals surface area contributed by atoms with Crippen molar-refractivity contribution < 1.29 is 55.2 Å². The average molecular weight is 1120 g/mol. The third-order valence-electron chi connectivity index (χ3n) is 10.8. The van der Waals surface area contributed by atoms with Crippen molar-refractivity contribution in [3.05, 3.63) is 166 Å². The van der Waals surface area contributed by atoms with E-state index >= 15 is 0 Å². The van der Waals surface area contributed by atoms with E-state index in [-0.39, 0.29) is 81.7 Å². The summed E-state index contributed by atoms with van der Waals surface area (Å²) in [6.07, 6.45) is 0. The summed E-state index contributed by atoms with van der Waals surface area (Å²) in [6.45, 7) is 7.83. The molecule has 0 saturated carbocycles. The van der Waals surface area contributed by atoms with Gasteiger partial charge in [-0.3, -0.25) is 14.1 Å². The number of carbonyl (C=O) groups is 2. The van der Waals surface area contributed by atoms with E-state index in [9.17, 15) is 45.7 Å². The van der Waals surface area contributed by atoms with Gasteiger partial charge in [0.25, 0.3) is 21.9 Å². The van der Waals surface area contributed by atoms with E-state index in [1.807, 2.05) is 13.8 Å². The number of nitrogens with one attached hydrogen (secondary N) is 2. The largest absolute Gasteiger partial charge is 2.00 e. The zero-order valence-corrected chi connectivity index (χ0v) is 45.5. The van der Waals surface area contributed by atoms with Crippen molar-refractivity contribution in [2.45, 2.75) is 37.5 Å². The SMILES string of the molecule is CCOc1ccc(NC(=O)c2cc3ccccc3c(N=Nc3cc(Cl)c(C)cc3S(=O)(=O)O)c2O)cc1.CCOc1ccc(NC(=O)c2cc3ccccc3c(N=Nc3cc(Cl)c(C)cc3S(=O)(=O)[O-])c2[O-])cc1.[Ca+2]. The van der Waals surface area contributed by atoms with Gasteiger partial charge in [-0.2, -0.15) is 13.5 Å². The van der Waals surface area contributed by atoms with Gasteiger partial charge in [0.15, 0.2) is 5.75 Å². The quantitative estimate of drug-likeness (QED) is 0.0449. The Morgan fingerprint density at radius 3 is 1.48 bits per heavy atom. The maximum absolute atomic E-state index is 13.3. The van der Waals surface area contributed by atoms with E-state index in [0.29, 0.717) is 68.8 Å². The van der Waals surface area contributed by atoms with Crippen LogP contribution in [-0.2, 0) is 20.2 Å². The number of aromatic hydroxyl groups is 1. The Balaban J connectivity index is 0.000000241. The zero-order chi connectivity index (χ0) is 53.5. The first kappa shape index (κ1) is 57.6. The van der Waals surface area contributed by atoms with Crippen LogP contribution in [0.4, 0.5) is 34.1 Å². The number of anilines is 2. The van der Waals surface area contributed by atoms with E-state index in [1.165, 1.54) is 37.3 Å². The summed E-state index contributed by atoms with van der Waals surface area (Å²) in [5.74, 6) is -1.17. The van der Waals surface area contributed by atoms with Gasteiger partial charge >= 0.3 is 37.7 Å². The molecule has 0 fully saturated rings. The molecule has 0 aliphatic carbocycles. The summed E-state index contributed by atoms with van der Waals surface area (Å²) >= 11 is 12.2. The molecule has 8 aromatic carbocycles. The minimum absolute atomic E-state index is 0. The number of hydrogen-bond acceptors (Lipinski definition) is 15. The maximum Gasteiger partial charge on any atom is 2.00 e. The van der Waals surface area contributed by atoms with Crippen molar-refractivity contribution in [2.75, 3.05) is 23.8 Å². The molecule has 8 aromatic rings. The number of carbonyl (C=O) groups excluding carboxylic acids is 2. The molecule has 0 bridgehead atoms. The van der Waals surface area contributed by atoms with Crippen LogP contribution in [0.25, 0.3) is 21.5 Å². The Morgan fingerprint density at radius 1 is 0.600 bits per heavy atom. The van der Waals surface area contributed by atoms with E-state index in [2.05, 4.69) is 31.1 Å². The molecule has 8 rings (SSSR count). The Morgan fingerprint density at radius 2 is 1.01 bits per heavy atom. The second-order valence-corrected chi connectivity index (χ2v) is 19.5. The van der Waals surface area contributed by atoms with E-state index < -0.39 is 53.3 Å². The molecule has 0 aliphatic rings. The molecule has 0 saturated heterocycles. The van der Waals surface area contributed by atoms with Crippen LogP contribution in [0.15, 0.2) is 164 Å². The monoisotopic (exact) mass is 1120 g/mol. The average Bonchev–Trinajstić information content (AvgIpc) is 3.35. The van der Waals surface area contributed by atoms with Gasteiger partial charge in [0.1, 0.15) is 43.6 Å². The zero-order valence-electron chi connectivity index (χ0n) is 40.2. The number of aryl methyl sites for hydroxylation is 2. The first-order valence-corrected chi connectivity index (χ1v) is 25.7. The number of hydrogen-bond donors (Lipinski definition) is 4. The van der Waals surface area contributed by atoms with Crippen LogP contribution >= 0.6 is 23.2 Å². The predicted octanol–water partition coefficient (Wildman–Crippen LogP) is 12.3. The summed E-state index contributed by atoms with van der Waals surface area (Å²) in [4.78, 5) is 25.0. The van der Waals surface area contributed by atoms with Crippen LogP contribution in [0.2, 0.25) is 10.0 Å². The van der Waals surface area contributed by atoms with Gasteiger partial charge in [0, 0.05) is 37.8 Å². The fourth-order valence-electron chi connectivity index (χ4n) is 7.23. The number of azo groups is 2. The summed E-state index contributed by atoms with van der Waals surface area (Å²) in [5.41, 5.74) is 0.629. The molecule has 0 aromatic heterocycles. The normalized spacial score (nSPS) is 11.5. The third kappa shape index (κ3) is 14.0. The number of phenols is 1. The molecule has 0 unspecified atom stereocenters.